The molecular weight excluding hydrogens is 290 g/mol. The lowest BCUT2D eigenvalue weighted by Gasteiger charge is -2.23. The summed E-state index contributed by atoms with van der Waals surface area (Å²) in [6.45, 7) is 7.32. The summed E-state index contributed by atoms with van der Waals surface area (Å²) in [5, 5.41) is 20.5. The molecule has 0 aliphatic carbocycles. The molecule has 0 aliphatic rings. The van der Waals surface area contributed by atoms with E-state index in [1.54, 1.807) is 27.7 Å². The van der Waals surface area contributed by atoms with Crippen molar-refractivity contribution in [2.45, 2.75) is 52.7 Å². The molecule has 0 saturated heterocycles. The smallest absolute Gasteiger partial charge is 0.309 e. The predicted molar refractivity (Wildman–Crippen MR) is 79.9 cm³/mol. The lowest BCUT2D eigenvalue weighted by Crippen LogP contribution is -2.46. The highest BCUT2D eigenvalue weighted by atomic mass is 16.6. The van der Waals surface area contributed by atoms with E-state index in [2.05, 4.69) is 5.32 Å². The number of aliphatic hydroxyl groups excluding tert-OH is 2. The Balaban J connectivity index is 4.60. The highest BCUT2D eigenvalue weighted by Gasteiger charge is 2.28. The third kappa shape index (κ3) is 7.51. The maximum Gasteiger partial charge on any atom is 0.309 e. The van der Waals surface area contributed by atoms with Gasteiger partial charge in [0.15, 0.2) is 5.78 Å². The Bertz CT molecular complexity index is 401. The molecule has 0 heterocycles. The molecule has 0 rings (SSSR count). The Hall–Kier alpha value is -1.47. The average Bonchev–Trinajstić information content (AvgIpc) is 2.41. The van der Waals surface area contributed by atoms with Gasteiger partial charge in [-0.15, -0.1) is 0 Å². The maximum absolute atomic E-state index is 12.1. The third-order valence-electron chi connectivity index (χ3n) is 2.93. The summed E-state index contributed by atoms with van der Waals surface area (Å²) in [6.07, 6.45) is -0.145. The summed E-state index contributed by atoms with van der Waals surface area (Å²) in [5.41, 5.74) is -0.643. The molecular formula is C15H27NO6. The van der Waals surface area contributed by atoms with Gasteiger partial charge in [0.1, 0.15) is 11.6 Å². The van der Waals surface area contributed by atoms with E-state index < -0.39 is 47.7 Å². The summed E-state index contributed by atoms with van der Waals surface area (Å²) in [4.78, 5) is 35.5. The number of amides is 1. The molecule has 7 nitrogen and oxygen atoms in total. The third-order valence-corrected chi connectivity index (χ3v) is 2.93. The topological polar surface area (TPSA) is 113 Å². The van der Waals surface area contributed by atoms with Crippen molar-refractivity contribution in [3.63, 3.8) is 0 Å². The van der Waals surface area contributed by atoms with Crippen molar-refractivity contribution in [1.29, 1.82) is 0 Å². The van der Waals surface area contributed by atoms with Crippen LogP contribution in [0, 0.1) is 11.8 Å². The van der Waals surface area contributed by atoms with Crippen LogP contribution >= 0.6 is 0 Å². The van der Waals surface area contributed by atoms with Gasteiger partial charge < -0.3 is 20.3 Å². The van der Waals surface area contributed by atoms with Crippen LogP contribution in [0.1, 0.15) is 41.0 Å². The normalized spacial score (nSPS) is 15.6. The van der Waals surface area contributed by atoms with E-state index in [0.717, 1.165) is 0 Å². The maximum atomic E-state index is 12.1. The first-order valence-corrected chi connectivity index (χ1v) is 7.29. The zero-order valence-electron chi connectivity index (χ0n) is 13.9. The van der Waals surface area contributed by atoms with Crippen LogP contribution in [0.3, 0.4) is 0 Å². The van der Waals surface area contributed by atoms with Crippen LogP contribution in [0.25, 0.3) is 0 Å². The van der Waals surface area contributed by atoms with Gasteiger partial charge in [0.25, 0.3) is 0 Å². The van der Waals surface area contributed by atoms with E-state index in [1.807, 2.05) is 0 Å². The number of esters is 1. The molecule has 1 amide bonds. The molecule has 3 atom stereocenters. The summed E-state index contributed by atoms with van der Waals surface area (Å²) in [6, 6.07) is -1.09. The molecule has 0 aromatic heterocycles. The van der Waals surface area contributed by atoms with Crippen molar-refractivity contribution < 1.29 is 29.3 Å². The van der Waals surface area contributed by atoms with E-state index in [0.29, 0.717) is 0 Å². The number of carbonyl (C=O) groups is 3. The number of hydrogen-bond acceptors (Lipinski definition) is 6. The van der Waals surface area contributed by atoms with Crippen molar-refractivity contribution in [2.75, 3.05) is 13.2 Å². The Kier molecular flexibility index (Phi) is 8.26. The monoisotopic (exact) mass is 317 g/mol. The number of carbonyl (C=O) groups excluding carboxylic acids is 3. The first-order valence-electron chi connectivity index (χ1n) is 7.29. The van der Waals surface area contributed by atoms with Crippen molar-refractivity contribution in [1.82, 2.24) is 5.32 Å². The van der Waals surface area contributed by atoms with Crippen LogP contribution in [-0.2, 0) is 19.1 Å². The fraction of sp³-hybridized carbons (Fsp3) is 0.800. The van der Waals surface area contributed by atoms with Gasteiger partial charge in [-0.1, -0.05) is 13.8 Å². The van der Waals surface area contributed by atoms with Crippen molar-refractivity contribution in [2.24, 2.45) is 11.8 Å². The molecule has 0 radical (unpaired) electrons. The quantitative estimate of drug-likeness (QED) is 0.544. The van der Waals surface area contributed by atoms with E-state index >= 15 is 0 Å². The van der Waals surface area contributed by atoms with Gasteiger partial charge in [-0.3, -0.25) is 14.4 Å². The number of aliphatic hydroxyl groups is 2. The van der Waals surface area contributed by atoms with Crippen molar-refractivity contribution in [3.8, 4) is 0 Å². The molecule has 0 aliphatic heterocycles. The Morgan fingerprint density at radius 3 is 2.00 bits per heavy atom. The first-order chi connectivity index (χ1) is 10.0. The van der Waals surface area contributed by atoms with Gasteiger partial charge in [0, 0.05) is 6.42 Å². The minimum Gasteiger partial charge on any atom is -0.460 e. The van der Waals surface area contributed by atoms with Crippen LogP contribution in [0.5, 0.6) is 0 Å². The Labute approximate surface area is 131 Å². The lowest BCUT2D eigenvalue weighted by molar-refractivity contribution is -0.160. The Morgan fingerprint density at radius 1 is 1.05 bits per heavy atom. The van der Waals surface area contributed by atoms with Gasteiger partial charge >= 0.3 is 5.97 Å². The van der Waals surface area contributed by atoms with Crippen LogP contribution < -0.4 is 5.32 Å². The second-order valence-corrected chi connectivity index (χ2v) is 6.43. The van der Waals surface area contributed by atoms with Crippen molar-refractivity contribution >= 4 is 17.7 Å². The molecule has 0 spiro atoms. The van der Waals surface area contributed by atoms with Gasteiger partial charge in [-0.05, 0) is 20.8 Å². The van der Waals surface area contributed by atoms with E-state index in [1.165, 1.54) is 6.92 Å². The highest BCUT2D eigenvalue weighted by molar-refractivity contribution is 5.92. The molecule has 0 aromatic rings. The van der Waals surface area contributed by atoms with Gasteiger partial charge in [0.2, 0.25) is 5.91 Å². The first kappa shape index (κ1) is 20.5. The summed E-state index contributed by atoms with van der Waals surface area (Å²) < 4.78 is 5.18. The zero-order valence-corrected chi connectivity index (χ0v) is 13.9. The molecule has 0 aromatic carbocycles. The van der Waals surface area contributed by atoms with Gasteiger partial charge in [-0.25, -0.2) is 0 Å². The molecule has 3 N–H and O–H groups in total. The minimum atomic E-state index is -1.09. The SMILES string of the molecule is C[C@H](CC(=O)[C@H](CO)NC(=O)[C@@H](C)CO)C(=O)OC(C)(C)C. The fourth-order valence-electron chi connectivity index (χ4n) is 1.55. The summed E-state index contributed by atoms with van der Waals surface area (Å²) in [7, 11) is 0. The fourth-order valence-corrected chi connectivity index (χ4v) is 1.55. The molecule has 22 heavy (non-hydrogen) atoms. The highest BCUT2D eigenvalue weighted by Crippen LogP contribution is 2.14. The van der Waals surface area contributed by atoms with Crippen LogP contribution in [0.4, 0.5) is 0 Å². The molecule has 0 bridgehead atoms. The van der Waals surface area contributed by atoms with Crippen molar-refractivity contribution in [3.05, 3.63) is 0 Å². The number of ether oxygens (including phenoxy) is 1. The second kappa shape index (κ2) is 8.85. The molecule has 0 fully saturated rings. The van der Waals surface area contributed by atoms with Crippen LogP contribution in [0.2, 0.25) is 0 Å². The molecule has 0 unspecified atom stereocenters. The standard InChI is InChI=1S/C15H27NO6/c1-9(14(21)22-15(3,4)5)6-12(19)11(8-18)16-13(20)10(2)7-17/h9-11,17-18H,6-8H2,1-5H3,(H,16,20)/t9-,10+,11+/m1/s1. The Morgan fingerprint density at radius 2 is 1.59 bits per heavy atom. The van der Waals surface area contributed by atoms with Crippen LogP contribution in [0.15, 0.2) is 0 Å². The zero-order chi connectivity index (χ0) is 17.5. The number of ketones is 1. The number of Topliss-reactive ketones (excluding diaryl/α,β-unsaturated/α-hetero) is 1. The second-order valence-electron chi connectivity index (χ2n) is 6.43. The largest absolute Gasteiger partial charge is 0.460 e. The lowest BCUT2D eigenvalue weighted by atomic mass is 9.99. The number of nitrogens with one attached hydrogen (secondary N) is 1. The average molecular weight is 317 g/mol. The number of hydrogen-bond donors (Lipinski definition) is 3. The molecule has 0 saturated carbocycles. The molecule has 7 heteroatoms. The number of rotatable bonds is 8. The summed E-state index contributed by atoms with van der Waals surface area (Å²) >= 11 is 0. The predicted octanol–water partition coefficient (Wildman–Crippen LogP) is 0.0289. The summed E-state index contributed by atoms with van der Waals surface area (Å²) in [5.74, 6) is -2.84. The molecule has 128 valence electrons. The van der Waals surface area contributed by atoms with E-state index in [9.17, 15) is 19.5 Å². The van der Waals surface area contributed by atoms with E-state index in [4.69, 9.17) is 9.84 Å². The van der Waals surface area contributed by atoms with Crippen LogP contribution in [-0.4, -0.2) is 52.7 Å². The van der Waals surface area contributed by atoms with Gasteiger partial charge in [-0.2, -0.15) is 0 Å². The van der Waals surface area contributed by atoms with Gasteiger partial charge in [0.05, 0.1) is 25.0 Å². The minimum absolute atomic E-state index is 0.145. The van der Waals surface area contributed by atoms with E-state index in [-0.39, 0.29) is 13.0 Å².